The molecule has 0 atom stereocenters. The maximum atomic E-state index is 10.8. The predicted molar refractivity (Wildman–Crippen MR) is 47.6 cm³/mol. The summed E-state index contributed by atoms with van der Waals surface area (Å²) in [5.41, 5.74) is 0. The normalized spacial score (nSPS) is 9.79. The molecule has 0 aromatic carbocycles. The van der Waals surface area contributed by atoms with Crippen molar-refractivity contribution in [2.75, 3.05) is 7.05 Å². The molecular weight excluding hydrogens is 188 g/mol. The minimum absolute atomic E-state index is 0.110. The predicted octanol–water partition coefficient (Wildman–Crippen LogP) is -0.0726. The molecule has 0 aliphatic carbocycles. The molecule has 14 heavy (non-hydrogen) atoms. The first-order valence-electron chi connectivity index (χ1n) is 4.00. The molecule has 1 aromatic rings. The van der Waals surface area contributed by atoms with Crippen LogP contribution in [0.15, 0.2) is 12.5 Å². The number of amides is 1. The van der Waals surface area contributed by atoms with Crippen LogP contribution in [0.25, 0.3) is 0 Å². The van der Waals surface area contributed by atoms with Crippen LogP contribution in [0.2, 0.25) is 0 Å². The second-order valence-corrected chi connectivity index (χ2v) is 2.65. The van der Waals surface area contributed by atoms with E-state index >= 15 is 0 Å². The maximum absolute atomic E-state index is 10.8. The summed E-state index contributed by atoms with van der Waals surface area (Å²) in [5.74, 6) is -0.316. The Bertz CT molecular complexity index is 346. The van der Waals surface area contributed by atoms with E-state index in [0.717, 1.165) is 0 Å². The van der Waals surface area contributed by atoms with Crippen molar-refractivity contribution in [3.8, 4) is 0 Å². The largest absolute Gasteiger partial charge is 0.381 e. The van der Waals surface area contributed by atoms with Crippen molar-refractivity contribution in [3.05, 3.63) is 22.6 Å². The number of hydrogen-bond donors (Lipinski definition) is 1. The Hall–Kier alpha value is -1.92. The Morgan fingerprint density at radius 3 is 3.00 bits per heavy atom. The number of nitrogens with one attached hydrogen (secondary N) is 1. The zero-order valence-electron chi connectivity index (χ0n) is 7.64. The van der Waals surface area contributed by atoms with Gasteiger partial charge in [0.25, 0.3) is 0 Å². The van der Waals surface area contributed by atoms with Crippen LogP contribution in [0.1, 0.15) is 6.42 Å². The number of imidazole rings is 1. The molecule has 1 aromatic heterocycles. The molecule has 0 radical (unpaired) electrons. The van der Waals surface area contributed by atoms with Gasteiger partial charge in [-0.15, -0.1) is 0 Å². The second-order valence-electron chi connectivity index (χ2n) is 2.65. The molecule has 7 heteroatoms. The van der Waals surface area contributed by atoms with Crippen LogP contribution in [-0.4, -0.2) is 27.4 Å². The molecule has 0 spiro atoms. The van der Waals surface area contributed by atoms with Crippen LogP contribution >= 0.6 is 0 Å². The summed E-state index contributed by atoms with van der Waals surface area (Å²) in [4.78, 5) is 24.1. The van der Waals surface area contributed by atoms with Gasteiger partial charge >= 0.3 is 5.82 Å². The molecule has 0 fully saturated rings. The van der Waals surface area contributed by atoms with Crippen LogP contribution in [0, 0.1) is 10.1 Å². The number of aryl methyl sites for hydroxylation is 1. The van der Waals surface area contributed by atoms with Crippen LogP contribution in [0.5, 0.6) is 0 Å². The van der Waals surface area contributed by atoms with E-state index < -0.39 is 4.92 Å². The monoisotopic (exact) mass is 198 g/mol. The fraction of sp³-hybridized carbons (Fsp3) is 0.429. The van der Waals surface area contributed by atoms with Gasteiger partial charge in [0.05, 0.1) is 0 Å². The molecule has 76 valence electrons. The van der Waals surface area contributed by atoms with E-state index in [1.807, 2.05) is 0 Å². The molecule has 0 saturated carbocycles. The molecule has 0 unspecified atom stereocenters. The molecular formula is C7H10N4O3. The van der Waals surface area contributed by atoms with Gasteiger partial charge in [0.15, 0.2) is 0 Å². The highest BCUT2D eigenvalue weighted by atomic mass is 16.6. The van der Waals surface area contributed by atoms with Crippen molar-refractivity contribution >= 4 is 11.7 Å². The quantitative estimate of drug-likeness (QED) is 0.541. The van der Waals surface area contributed by atoms with Gasteiger partial charge in [-0.05, 0) is 9.91 Å². The van der Waals surface area contributed by atoms with Gasteiger partial charge in [-0.2, -0.15) is 0 Å². The van der Waals surface area contributed by atoms with Crippen molar-refractivity contribution in [2.24, 2.45) is 0 Å². The molecule has 0 saturated heterocycles. The Labute approximate surface area is 79.9 Å². The highest BCUT2D eigenvalue weighted by molar-refractivity contribution is 5.75. The van der Waals surface area contributed by atoms with Crippen LogP contribution < -0.4 is 5.32 Å². The van der Waals surface area contributed by atoms with Gasteiger partial charge < -0.3 is 20.0 Å². The number of carbonyl (C=O) groups excluding carboxylic acids is 1. The summed E-state index contributed by atoms with van der Waals surface area (Å²) in [7, 11) is 1.54. The van der Waals surface area contributed by atoms with E-state index in [0.29, 0.717) is 6.54 Å². The minimum Gasteiger partial charge on any atom is -0.359 e. The summed E-state index contributed by atoms with van der Waals surface area (Å²) in [6.45, 7) is 0.389. The Morgan fingerprint density at radius 1 is 1.79 bits per heavy atom. The lowest BCUT2D eigenvalue weighted by molar-refractivity contribution is -0.389. The smallest absolute Gasteiger partial charge is 0.359 e. The second kappa shape index (κ2) is 4.35. The standard InChI is InChI=1S/C7H10N4O3/c1-8-7(12)2-3-10-4-6(9-5-10)11(13)14/h4-5H,2-3H2,1H3,(H,8,12). The van der Waals surface area contributed by atoms with Gasteiger partial charge in [0.2, 0.25) is 12.2 Å². The third kappa shape index (κ3) is 2.54. The highest BCUT2D eigenvalue weighted by Crippen LogP contribution is 2.05. The summed E-state index contributed by atoms with van der Waals surface area (Å²) >= 11 is 0. The maximum Gasteiger partial charge on any atom is 0.381 e. The lowest BCUT2D eigenvalue weighted by atomic mass is 10.4. The fourth-order valence-corrected chi connectivity index (χ4v) is 0.921. The van der Waals surface area contributed by atoms with Gasteiger partial charge in [-0.3, -0.25) is 4.79 Å². The van der Waals surface area contributed by atoms with E-state index in [2.05, 4.69) is 10.3 Å². The van der Waals surface area contributed by atoms with E-state index in [1.165, 1.54) is 17.1 Å². The van der Waals surface area contributed by atoms with Crippen LogP contribution in [0.4, 0.5) is 5.82 Å². The SMILES string of the molecule is CNC(=O)CCn1cnc([N+](=O)[O-])c1. The molecule has 1 N–H and O–H groups in total. The Kier molecular flexibility index (Phi) is 3.16. The number of hydrogen-bond acceptors (Lipinski definition) is 4. The van der Waals surface area contributed by atoms with E-state index in [9.17, 15) is 14.9 Å². The Balaban J connectivity index is 2.52. The van der Waals surface area contributed by atoms with Crippen molar-refractivity contribution < 1.29 is 9.72 Å². The Morgan fingerprint density at radius 2 is 2.50 bits per heavy atom. The van der Waals surface area contributed by atoms with E-state index in [1.54, 1.807) is 7.05 Å². The third-order valence-electron chi connectivity index (χ3n) is 1.68. The van der Waals surface area contributed by atoms with E-state index in [4.69, 9.17) is 0 Å². The van der Waals surface area contributed by atoms with Crippen molar-refractivity contribution in [2.45, 2.75) is 13.0 Å². The zero-order chi connectivity index (χ0) is 10.6. The molecule has 0 bridgehead atoms. The van der Waals surface area contributed by atoms with Gasteiger partial charge in [0.1, 0.15) is 6.20 Å². The lowest BCUT2D eigenvalue weighted by Crippen LogP contribution is -2.19. The number of nitro groups is 1. The third-order valence-corrected chi connectivity index (χ3v) is 1.68. The van der Waals surface area contributed by atoms with Gasteiger partial charge in [0, 0.05) is 20.0 Å². The molecule has 1 heterocycles. The first-order valence-corrected chi connectivity index (χ1v) is 4.00. The summed E-state index contributed by atoms with van der Waals surface area (Å²) in [5, 5.41) is 12.7. The van der Waals surface area contributed by atoms with Crippen LogP contribution in [-0.2, 0) is 11.3 Å². The summed E-state index contributed by atoms with van der Waals surface area (Å²) < 4.78 is 1.51. The lowest BCUT2D eigenvalue weighted by Gasteiger charge is -1.98. The molecule has 7 nitrogen and oxygen atoms in total. The first-order chi connectivity index (χ1) is 6.63. The summed E-state index contributed by atoms with van der Waals surface area (Å²) in [6.07, 6.45) is 2.91. The zero-order valence-corrected chi connectivity index (χ0v) is 7.64. The first kappa shape index (κ1) is 10.2. The number of nitrogens with zero attached hydrogens (tertiary/aromatic N) is 3. The minimum atomic E-state index is -0.573. The molecule has 0 aliphatic rings. The highest BCUT2D eigenvalue weighted by Gasteiger charge is 2.09. The average molecular weight is 198 g/mol. The topological polar surface area (TPSA) is 90.1 Å². The van der Waals surface area contributed by atoms with Crippen molar-refractivity contribution in [1.82, 2.24) is 14.9 Å². The molecule has 1 rings (SSSR count). The fourth-order valence-electron chi connectivity index (χ4n) is 0.921. The van der Waals surface area contributed by atoms with Gasteiger partial charge in [-0.1, -0.05) is 0 Å². The number of carbonyl (C=O) groups is 1. The number of rotatable bonds is 4. The molecule has 0 aliphatic heterocycles. The summed E-state index contributed by atoms with van der Waals surface area (Å²) in [6, 6.07) is 0. The van der Waals surface area contributed by atoms with Crippen LogP contribution in [0.3, 0.4) is 0 Å². The van der Waals surface area contributed by atoms with E-state index in [-0.39, 0.29) is 18.1 Å². The average Bonchev–Trinajstić information content (AvgIpc) is 2.62. The van der Waals surface area contributed by atoms with Crippen molar-refractivity contribution in [3.63, 3.8) is 0 Å². The van der Waals surface area contributed by atoms with Crippen molar-refractivity contribution in [1.29, 1.82) is 0 Å². The van der Waals surface area contributed by atoms with Gasteiger partial charge in [-0.25, -0.2) is 0 Å². The number of aromatic nitrogens is 2. The molecule has 1 amide bonds.